The fourth-order valence-corrected chi connectivity index (χ4v) is 2.12. The molecule has 2 aromatic rings. The van der Waals surface area contributed by atoms with Crippen molar-refractivity contribution in [2.24, 2.45) is 0 Å². The summed E-state index contributed by atoms with van der Waals surface area (Å²) < 4.78 is 0. The SMILES string of the molecule is Cc1cc(C(=O)O)cc(-c2cc(C(=O)O)cc(CBr)n2)n1. The van der Waals surface area contributed by atoms with Crippen LogP contribution in [0.15, 0.2) is 24.3 Å². The largest absolute Gasteiger partial charge is 0.478 e. The molecule has 0 amide bonds. The molecule has 0 aliphatic carbocycles. The smallest absolute Gasteiger partial charge is 0.335 e. The Labute approximate surface area is 128 Å². The standard InChI is InChI=1S/C14H11BrN2O4/c1-7-2-8(13(18)19)4-11(16-7)12-5-9(14(20)21)3-10(6-15)17-12/h2-5H,6H2,1H3,(H,18,19)(H,20,21). The van der Waals surface area contributed by atoms with E-state index in [0.29, 0.717) is 28.1 Å². The highest BCUT2D eigenvalue weighted by molar-refractivity contribution is 9.08. The summed E-state index contributed by atoms with van der Waals surface area (Å²) in [7, 11) is 0. The van der Waals surface area contributed by atoms with Crippen molar-refractivity contribution < 1.29 is 19.8 Å². The van der Waals surface area contributed by atoms with Gasteiger partial charge in [0, 0.05) is 11.0 Å². The molecule has 0 aliphatic rings. The van der Waals surface area contributed by atoms with E-state index in [0.717, 1.165) is 0 Å². The van der Waals surface area contributed by atoms with Crippen LogP contribution in [0.3, 0.4) is 0 Å². The van der Waals surface area contributed by atoms with Gasteiger partial charge in [-0.2, -0.15) is 0 Å². The quantitative estimate of drug-likeness (QED) is 0.822. The Morgan fingerprint density at radius 3 is 2.05 bits per heavy atom. The number of aryl methyl sites for hydroxylation is 1. The summed E-state index contributed by atoms with van der Waals surface area (Å²) in [5.74, 6) is -2.15. The fourth-order valence-electron chi connectivity index (χ4n) is 1.83. The highest BCUT2D eigenvalue weighted by atomic mass is 79.9. The minimum Gasteiger partial charge on any atom is -0.478 e. The fraction of sp³-hybridized carbons (Fsp3) is 0.143. The molecule has 0 saturated carbocycles. The summed E-state index contributed by atoms with van der Waals surface area (Å²) in [5.41, 5.74) is 1.88. The first-order valence-corrected chi connectivity index (χ1v) is 7.05. The van der Waals surface area contributed by atoms with Gasteiger partial charge in [-0.3, -0.25) is 9.97 Å². The van der Waals surface area contributed by atoms with E-state index in [2.05, 4.69) is 25.9 Å². The molecule has 2 N–H and O–H groups in total. The van der Waals surface area contributed by atoms with Crippen LogP contribution in [-0.4, -0.2) is 32.1 Å². The molecule has 21 heavy (non-hydrogen) atoms. The number of carboxylic acids is 2. The Hall–Kier alpha value is -2.28. The van der Waals surface area contributed by atoms with Crippen molar-refractivity contribution in [2.45, 2.75) is 12.3 Å². The topological polar surface area (TPSA) is 100 Å². The molecular weight excluding hydrogens is 340 g/mol. The molecule has 2 heterocycles. The summed E-state index contributed by atoms with van der Waals surface area (Å²) in [4.78, 5) is 30.7. The van der Waals surface area contributed by atoms with Crippen LogP contribution in [0, 0.1) is 6.92 Å². The number of rotatable bonds is 4. The third-order valence-corrected chi connectivity index (χ3v) is 3.30. The molecule has 2 aromatic heterocycles. The maximum Gasteiger partial charge on any atom is 0.335 e. The number of hydrogen-bond donors (Lipinski definition) is 2. The van der Waals surface area contributed by atoms with E-state index in [4.69, 9.17) is 10.2 Å². The van der Waals surface area contributed by atoms with E-state index in [1.54, 1.807) is 6.92 Å². The molecule has 6 nitrogen and oxygen atoms in total. The maximum atomic E-state index is 11.1. The van der Waals surface area contributed by atoms with Gasteiger partial charge in [-0.25, -0.2) is 9.59 Å². The maximum absolute atomic E-state index is 11.1. The van der Waals surface area contributed by atoms with E-state index in [-0.39, 0.29) is 11.1 Å². The number of alkyl halides is 1. The monoisotopic (exact) mass is 350 g/mol. The molecule has 0 atom stereocenters. The second kappa shape index (κ2) is 6.01. The van der Waals surface area contributed by atoms with Crippen molar-refractivity contribution in [1.29, 1.82) is 0 Å². The van der Waals surface area contributed by atoms with Crippen molar-refractivity contribution in [3.63, 3.8) is 0 Å². The number of pyridine rings is 2. The zero-order chi connectivity index (χ0) is 15.6. The van der Waals surface area contributed by atoms with Crippen molar-refractivity contribution in [3.8, 4) is 11.4 Å². The first-order valence-electron chi connectivity index (χ1n) is 5.93. The number of nitrogens with zero attached hydrogens (tertiary/aromatic N) is 2. The highest BCUT2D eigenvalue weighted by Crippen LogP contribution is 2.21. The number of hydrogen-bond acceptors (Lipinski definition) is 4. The number of carbonyl (C=O) groups is 2. The molecule has 2 rings (SSSR count). The summed E-state index contributed by atoms with van der Waals surface area (Å²) in [5, 5.41) is 18.6. The van der Waals surface area contributed by atoms with Gasteiger partial charge < -0.3 is 10.2 Å². The second-order valence-corrected chi connectivity index (χ2v) is 4.92. The minimum atomic E-state index is -1.08. The van der Waals surface area contributed by atoms with Crippen molar-refractivity contribution in [3.05, 3.63) is 46.8 Å². The second-order valence-electron chi connectivity index (χ2n) is 4.36. The summed E-state index contributed by atoms with van der Waals surface area (Å²) in [6.45, 7) is 1.67. The van der Waals surface area contributed by atoms with Gasteiger partial charge in [0.2, 0.25) is 0 Å². The van der Waals surface area contributed by atoms with Gasteiger partial charge in [-0.05, 0) is 31.2 Å². The van der Waals surface area contributed by atoms with Crippen LogP contribution in [0.4, 0.5) is 0 Å². The molecule has 0 radical (unpaired) electrons. The predicted octanol–water partition coefficient (Wildman–Crippen LogP) is 2.74. The predicted molar refractivity (Wildman–Crippen MR) is 78.8 cm³/mol. The highest BCUT2D eigenvalue weighted by Gasteiger charge is 2.13. The molecule has 0 aromatic carbocycles. The lowest BCUT2D eigenvalue weighted by Crippen LogP contribution is -2.03. The molecule has 0 saturated heterocycles. The van der Waals surface area contributed by atoms with Gasteiger partial charge in [0.05, 0.1) is 28.2 Å². The van der Waals surface area contributed by atoms with Gasteiger partial charge in [-0.1, -0.05) is 15.9 Å². The van der Waals surface area contributed by atoms with Gasteiger partial charge >= 0.3 is 11.9 Å². The Kier molecular flexibility index (Phi) is 4.32. The Morgan fingerprint density at radius 1 is 1.00 bits per heavy atom. The lowest BCUT2D eigenvalue weighted by atomic mass is 10.1. The lowest BCUT2D eigenvalue weighted by molar-refractivity contribution is 0.0685. The van der Waals surface area contributed by atoms with Crippen LogP contribution in [0.1, 0.15) is 32.1 Å². The van der Waals surface area contributed by atoms with E-state index >= 15 is 0 Å². The third-order valence-electron chi connectivity index (χ3n) is 2.73. The number of halogens is 1. The molecule has 0 unspecified atom stereocenters. The van der Waals surface area contributed by atoms with Gasteiger partial charge in [-0.15, -0.1) is 0 Å². The van der Waals surface area contributed by atoms with Gasteiger partial charge in [0.25, 0.3) is 0 Å². The molecule has 7 heteroatoms. The van der Waals surface area contributed by atoms with Crippen LogP contribution in [-0.2, 0) is 5.33 Å². The third kappa shape index (κ3) is 3.43. The van der Waals surface area contributed by atoms with Gasteiger partial charge in [0.15, 0.2) is 0 Å². The first kappa shape index (κ1) is 15.1. The normalized spacial score (nSPS) is 10.4. The molecule has 0 bridgehead atoms. The zero-order valence-corrected chi connectivity index (χ0v) is 12.6. The van der Waals surface area contributed by atoms with Crippen LogP contribution in [0.5, 0.6) is 0 Å². The average Bonchev–Trinajstić information content (AvgIpc) is 2.45. The number of aromatic nitrogens is 2. The Morgan fingerprint density at radius 2 is 1.52 bits per heavy atom. The van der Waals surface area contributed by atoms with Gasteiger partial charge in [0.1, 0.15) is 0 Å². The lowest BCUT2D eigenvalue weighted by Gasteiger charge is -2.07. The van der Waals surface area contributed by atoms with E-state index < -0.39 is 11.9 Å². The van der Waals surface area contributed by atoms with Crippen molar-refractivity contribution >= 4 is 27.9 Å². The average molecular weight is 351 g/mol. The summed E-state index contributed by atoms with van der Waals surface area (Å²) in [6, 6.07) is 5.65. The number of carboxylic acid groups (broad SMARTS) is 2. The van der Waals surface area contributed by atoms with E-state index in [1.807, 2.05) is 0 Å². The number of aromatic carboxylic acids is 2. The van der Waals surface area contributed by atoms with Crippen molar-refractivity contribution in [2.75, 3.05) is 0 Å². The molecule has 0 fully saturated rings. The molecule has 108 valence electrons. The Bertz CT molecular complexity index is 731. The Balaban J connectivity index is 2.63. The molecule has 0 aliphatic heterocycles. The van der Waals surface area contributed by atoms with E-state index in [9.17, 15) is 9.59 Å². The molecular formula is C14H11BrN2O4. The van der Waals surface area contributed by atoms with E-state index in [1.165, 1.54) is 24.3 Å². The van der Waals surface area contributed by atoms with Crippen LogP contribution >= 0.6 is 15.9 Å². The van der Waals surface area contributed by atoms with Crippen LogP contribution in [0.25, 0.3) is 11.4 Å². The summed E-state index contributed by atoms with van der Waals surface area (Å²) in [6.07, 6.45) is 0. The van der Waals surface area contributed by atoms with Crippen LogP contribution in [0.2, 0.25) is 0 Å². The summed E-state index contributed by atoms with van der Waals surface area (Å²) >= 11 is 3.23. The minimum absolute atomic E-state index is 0.0784. The van der Waals surface area contributed by atoms with Crippen molar-refractivity contribution in [1.82, 2.24) is 9.97 Å². The molecule has 0 spiro atoms. The van der Waals surface area contributed by atoms with Crippen LogP contribution < -0.4 is 0 Å². The zero-order valence-electron chi connectivity index (χ0n) is 11.0. The first-order chi connectivity index (χ1) is 9.90.